The number of carbonyl (C=O) groups is 1. The SMILES string of the molecule is CC(C)(COC[Si](C)(C)C(C)(C)C)n1cc(C(=O)c2cncc(N)c2)c2cncc(F)c21. The number of nitrogens with two attached hydrogens (primary N) is 1. The second-order valence-corrected chi connectivity index (χ2v) is 16.3. The van der Waals surface area contributed by atoms with Crippen LogP contribution in [-0.4, -0.2) is 41.2 Å². The minimum absolute atomic E-state index is 0.209. The van der Waals surface area contributed by atoms with E-state index in [1.54, 1.807) is 16.8 Å². The minimum Gasteiger partial charge on any atom is -0.397 e. The highest BCUT2D eigenvalue weighted by molar-refractivity contribution is 6.80. The van der Waals surface area contributed by atoms with Gasteiger partial charge in [0.15, 0.2) is 11.6 Å². The molecular formula is C24H33FN4O2Si. The van der Waals surface area contributed by atoms with Crippen LogP contribution in [0.25, 0.3) is 10.9 Å². The number of rotatable bonds is 7. The van der Waals surface area contributed by atoms with E-state index in [1.807, 2.05) is 13.8 Å². The highest BCUT2D eigenvalue weighted by atomic mass is 28.3. The molecule has 0 saturated heterocycles. The lowest BCUT2D eigenvalue weighted by atomic mass is 10.1. The lowest BCUT2D eigenvalue weighted by Gasteiger charge is -2.37. The van der Waals surface area contributed by atoms with E-state index >= 15 is 0 Å². The fourth-order valence-corrected chi connectivity index (χ4v) is 4.42. The molecule has 0 spiro atoms. The van der Waals surface area contributed by atoms with Crippen LogP contribution in [0.2, 0.25) is 18.1 Å². The molecule has 0 aliphatic carbocycles. The third kappa shape index (κ3) is 4.61. The van der Waals surface area contributed by atoms with Crippen molar-refractivity contribution in [3.05, 3.63) is 54.0 Å². The third-order valence-electron chi connectivity index (χ3n) is 6.53. The van der Waals surface area contributed by atoms with Crippen LogP contribution in [-0.2, 0) is 10.3 Å². The Hall–Kier alpha value is -2.58. The Bertz CT molecular complexity index is 1150. The molecule has 0 aromatic carbocycles. The van der Waals surface area contributed by atoms with Gasteiger partial charge in [-0.15, -0.1) is 0 Å². The topological polar surface area (TPSA) is 83.0 Å². The molecule has 32 heavy (non-hydrogen) atoms. The van der Waals surface area contributed by atoms with E-state index < -0.39 is 19.4 Å². The first-order valence-electron chi connectivity index (χ1n) is 10.7. The molecule has 2 N–H and O–H groups in total. The summed E-state index contributed by atoms with van der Waals surface area (Å²) in [5, 5.41) is 0.662. The van der Waals surface area contributed by atoms with Crippen molar-refractivity contribution in [3.8, 4) is 0 Å². The van der Waals surface area contributed by atoms with Gasteiger partial charge in [0.1, 0.15) is 0 Å². The zero-order chi connectivity index (χ0) is 23.9. The van der Waals surface area contributed by atoms with E-state index in [0.29, 0.717) is 40.6 Å². The Kier molecular flexibility index (Phi) is 6.32. The number of ether oxygens (including phenoxy) is 1. The van der Waals surface area contributed by atoms with Crippen molar-refractivity contribution < 1.29 is 13.9 Å². The molecule has 0 bridgehead atoms. The van der Waals surface area contributed by atoms with Gasteiger partial charge in [-0.2, -0.15) is 0 Å². The molecule has 3 heterocycles. The monoisotopic (exact) mass is 456 g/mol. The number of aromatic nitrogens is 3. The molecule has 0 fully saturated rings. The van der Waals surface area contributed by atoms with Crippen molar-refractivity contribution in [1.82, 2.24) is 14.5 Å². The predicted octanol–water partition coefficient (Wildman–Crippen LogP) is 5.18. The molecule has 0 amide bonds. The summed E-state index contributed by atoms with van der Waals surface area (Å²) in [5.74, 6) is -0.760. The Balaban J connectivity index is 1.99. The number of fused-ring (bicyclic) bond motifs is 1. The maximum atomic E-state index is 14.9. The molecule has 172 valence electrons. The van der Waals surface area contributed by atoms with Crippen LogP contribution in [0, 0.1) is 5.82 Å². The van der Waals surface area contributed by atoms with Crippen LogP contribution < -0.4 is 5.73 Å². The van der Waals surface area contributed by atoms with Crippen LogP contribution in [0.3, 0.4) is 0 Å². The Morgan fingerprint density at radius 3 is 2.41 bits per heavy atom. The number of nitrogens with zero attached hydrogens (tertiary/aromatic N) is 3. The molecule has 3 aromatic heterocycles. The zero-order valence-electron chi connectivity index (χ0n) is 20.0. The number of hydrogen-bond acceptors (Lipinski definition) is 5. The fourth-order valence-electron chi connectivity index (χ4n) is 3.37. The first kappa shape index (κ1) is 24.1. The van der Waals surface area contributed by atoms with Crippen molar-refractivity contribution >= 4 is 30.4 Å². The van der Waals surface area contributed by atoms with Gasteiger partial charge in [0.2, 0.25) is 0 Å². The molecule has 3 aromatic rings. The van der Waals surface area contributed by atoms with E-state index in [4.69, 9.17) is 10.5 Å². The number of pyridine rings is 2. The molecule has 0 saturated carbocycles. The highest BCUT2D eigenvalue weighted by Crippen LogP contribution is 2.36. The van der Waals surface area contributed by atoms with Gasteiger partial charge in [0.05, 0.1) is 37.6 Å². The molecule has 0 aliphatic heterocycles. The van der Waals surface area contributed by atoms with Gasteiger partial charge in [-0.1, -0.05) is 33.9 Å². The molecule has 0 atom stereocenters. The number of hydrogen-bond donors (Lipinski definition) is 1. The van der Waals surface area contributed by atoms with Gasteiger partial charge in [-0.3, -0.25) is 14.8 Å². The highest BCUT2D eigenvalue weighted by Gasteiger charge is 2.36. The van der Waals surface area contributed by atoms with E-state index in [-0.39, 0.29) is 10.8 Å². The largest absolute Gasteiger partial charge is 0.397 e. The van der Waals surface area contributed by atoms with Gasteiger partial charge in [-0.25, -0.2) is 4.39 Å². The summed E-state index contributed by atoms with van der Waals surface area (Å²) < 4.78 is 22.9. The van der Waals surface area contributed by atoms with Crippen LogP contribution in [0.1, 0.15) is 50.5 Å². The molecule has 0 aliphatic rings. The Morgan fingerprint density at radius 1 is 1.12 bits per heavy atom. The molecule has 0 unspecified atom stereocenters. The quantitative estimate of drug-likeness (QED) is 0.391. The summed E-state index contributed by atoms with van der Waals surface area (Å²) in [6.45, 7) is 15.7. The second-order valence-electron chi connectivity index (χ2n) is 10.7. The number of halogens is 1. The maximum Gasteiger partial charge on any atom is 0.196 e. The van der Waals surface area contributed by atoms with Gasteiger partial charge >= 0.3 is 0 Å². The standard InChI is InChI=1S/C24H33FN4O2Si/c1-23(2,3)32(6,7)15-31-14-24(4,5)29-13-19(18-11-28-12-20(25)21(18)29)22(30)16-8-17(26)10-27-9-16/h8-13H,14-15,26H2,1-7H3. The first-order valence-corrected chi connectivity index (χ1v) is 13.9. The molecular weight excluding hydrogens is 423 g/mol. The van der Waals surface area contributed by atoms with Crippen molar-refractivity contribution in [2.24, 2.45) is 0 Å². The summed E-state index contributed by atoms with van der Waals surface area (Å²) >= 11 is 0. The minimum atomic E-state index is -1.62. The second kappa shape index (κ2) is 8.40. The van der Waals surface area contributed by atoms with Gasteiger partial charge in [0, 0.05) is 47.5 Å². The number of ketones is 1. The summed E-state index contributed by atoms with van der Waals surface area (Å²) in [5.41, 5.74) is 6.64. The summed E-state index contributed by atoms with van der Waals surface area (Å²) in [6.07, 6.45) is 8.02. The third-order valence-corrected chi connectivity index (χ3v) is 11.5. The van der Waals surface area contributed by atoms with Crippen LogP contribution >= 0.6 is 0 Å². The maximum absolute atomic E-state index is 14.9. The van der Waals surface area contributed by atoms with E-state index in [2.05, 4.69) is 43.8 Å². The molecule has 6 nitrogen and oxygen atoms in total. The number of carbonyl (C=O) groups excluding carboxylic acids is 1. The van der Waals surface area contributed by atoms with E-state index in [9.17, 15) is 9.18 Å². The number of anilines is 1. The van der Waals surface area contributed by atoms with Gasteiger partial charge in [0.25, 0.3) is 0 Å². The van der Waals surface area contributed by atoms with Crippen LogP contribution in [0.5, 0.6) is 0 Å². The normalized spacial score (nSPS) is 13.0. The fraction of sp³-hybridized carbons (Fsp3) is 0.458. The molecule has 0 radical (unpaired) electrons. The molecule has 3 rings (SSSR count). The van der Waals surface area contributed by atoms with E-state index in [1.165, 1.54) is 24.8 Å². The predicted molar refractivity (Wildman–Crippen MR) is 129 cm³/mol. The summed E-state index contributed by atoms with van der Waals surface area (Å²) in [6, 6.07) is 1.57. The summed E-state index contributed by atoms with van der Waals surface area (Å²) in [4.78, 5) is 21.2. The Labute approximate surface area is 190 Å². The average Bonchev–Trinajstić information content (AvgIpc) is 3.08. The van der Waals surface area contributed by atoms with Gasteiger partial charge < -0.3 is 15.0 Å². The van der Waals surface area contributed by atoms with Crippen LogP contribution in [0.15, 0.2) is 37.1 Å². The lowest BCUT2D eigenvalue weighted by molar-refractivity contribution is 0.0930. The van der Waals surface area contributed by atoms with Crippen molar-refractivity contribution in [2.75, 3.05) is 18.6 Å². The number of nitrogen functional groups attached to an aromatic ring is 1. The lowest BCUT2D eigenvalue weighted by Crippen LogP contribution is -2.44. The van der Waals surface area contributed by atoms with Crippen molar-refractivity contribution in [3.63, 3.8) is 0 Å². The zero-order valence-corrected chi connectivity index (χ0v) is 21.0. The first-order chi connectivity index (χ1) is 14.7. The van der Waals surface area contributed by atoms with Crippen LogP contribution in [0.4, 0.5) is 10.1 Å². The van der Waals surface area contributed by atoms with Gasteiger partial charge in [-0.05, 0) is 25.0 Å². The average molecular weight is 457 g/mol. The summed E-state index contributed by atoms with van der Waals surface area (Å²) in [7, 11) is -1.62. The van der Waals surface area contributed by atoms with Crippen molar-refractivity contribution in [2.45, 2.75) is 58.3 Å². The van der Waals surface area contributed by atoms with E-state index in [0.717, 1.165) is 0 Å². The smallest absolute Gasteiger partial charge is 0.196 e. The van der Waals surface area contributed by atoms with Crippen molar-refractivity contribution in [1.29, 1.82) is 0 Å². The Morgan fingerprint density at radius 2 is 1.78 bits per heavy atom. The molecule has 8 heteroatoms.